The van der Waals surface area contributed by atoms with Crippen molar-refractivity contribution < 1.29 is 4.74 Å². The minimum atomic E-state index is 0.359. The average molecular weight is 412 g/mol. The van der Waals surface area contributed by atoms with Gasteiger partial charge in [0, 0.05) is 38.6 Å². The Hall–Kier alpha value is -2.34. The molecule has 1 aliphatic carbocycles. The largest absolute Gasteiger partial charge is 0.378 e. The van der Waals surface area contributed by atoms with Crippen LogP contribution in [0.2, 0.25) is 0 Å². The number of aliphatic imine (C=N–C) groups is 1. The highest BCUT2D eigenvalue weighted by atomic mass is 16.5. The van der Waals surface area contributed by atoms with Gasteiger partial charge < -0.3 is 19.9 Å². The fourth-order valence-electron chi connectivity index (χ4n) is 4.24. The van der Waals surface area contributed by atoms with E-state index in [-0.39, 0.29) is 0 Å². The van der Waals surface area contributed by atoms with Gasteiger partial charge >= 0.3 is 0 Å². The molecule has 164 valence electrons. The fraction of sp³-hybridized carbons (Fsp3) is 0.583. The molecular formula is C24H37N5O. The van der Waals surface area contributed by atoms with Crippen LogP contribution < -0.4 is 10.6 Å². The molecule has 2 N–H and O–H groups in total. The maximum absolute atomic E-state index is 6.05. The fourth-order valence-corrected chi connectivity index (χ4v) is 4.24. The summed E-state index contributed by atoms with van der Waals surface area (Å²) < 4.78 is 8.21. The summed E-state index contributed by atoms with van der Waals surface area (Å²) in [6.45, 7) is 8.04. The molecule has 0 radical (unpaired) electrons. The second-order valence-corrected chi connectivity index (χ2v) is 7.91. The number of guanidine groups is 1. The number of rotatable bonds is 11. The summed E-state index contributed by atoms with van der Waals surface area (Å²) in [5.41, 5.74) is 1.26. The molecule has 0 spiro atoms. The normalized spacial score (nSPS) is 16.0. The number of hydrogen-bond donors (Lipinski definition) is 2. The Kier molecular flexibility index (Phi) is 9.22. The summed E-state index contributed by atoms with van der Waals surface area (Å²) in [5, 5.41) is 6.84. The molecule has 1 unspecified atom stereocenters. The van der Waals surface area contributed by atoms with Gasteiger partial charge in [0.15, 0.2) is 5.96 Å². The molecule has 30 heavy (non-hydrogen) atoms. The average Bonchev–Trinajstić information content (AvgIpc) is 3.44. The lowest BCUT2D eigenvalue weighted by atomic mass is 9.98. The highest BCUT2D eigenvalue weighted by molar-refractivity contribution is 5.79. The number of nitrogens with one attached hydrogen (secondary N) is 2. The van der Waals surface area contributed by atoms with Gasteiger partial charge in [-0.05, 0) is 44.6 Å². The molecular weight excluding hydrogens is 374 g/mol. The predicted octanol–water partition coefficient (Wildman–Crippen LogP) is 3.97. The molecule has 1 aromatic carbocycles. The summed E-state index contributed by atoms with van der Waals surface area (Å²) >= 11 is 0. The Morgan fingerprint density at radius 1 is 1.20 bits per heavy atom. The zero-order valence-corrected chi connectivity index (χ0v) is 18.5. The topological polar surface area (TPSA) is 63.5 Å². The predicted molar refractivity (Wildman–Crippen MR) is 123 cm³/mol. The van der Waals surface area contributed by atoms with Crippen LogP contribution in [0.4, 0.5) is 0 Å². The van der Waals surface area contributed by atoms with Crippen LogP contribution in [0.5, 0.6) is 0 Å². The molecule has 6 nitrogen and oxygen atoms in total. The molecule has 0 bridgehead atoms. The molecule has 0 saturated heterocycles. The van der Waals surface area contributed by atoms with Crippen LogP contribution in [0.1, 0.15) is 57.3 Å². The Labute approximate surface area is 181 Å². The van der Waals surface area contributed by atoms with Crippen molar-refractivity contribution >= 4 is 5.96 Å². The SMILES string of the molecule is CCNC(=NCc1nccn1Cc1ccccc1)NCCC(OCC)C1CCCC1. The molecule has 1 saturated carbocycles. The highest BCUT2D eigenvalue weighted by Crippen LogP contribution is 2.30. The molecule has 6 heteroatoms. The van der Waals surface area contributed by atoms with Gasteiger partial charge in [0.05, 0.1) is 6.10 Å². The van der Waals surface area contributed by atoms with Crippen molar-refractivity contribution in [2.75, 3.05) is 19.7 Å². The van der Waals surface area contributed by atoms with Crippen LogP contribution in [0, 0.1) is 5.92 Å². The van der Waals surface area contributed by atoms with Crippen molar-refractivity contribution in [2.24, 2.45) is 10.9 Å². The third-order valence-electron chi connectivity index (χ3n) is 5.75. The van der Waals surface area contributed by atoms with Crippen molar-refractivity contribution in [1.29, 1.82) is 0 Å². The van der Waals surface area contributed by atoms with Gasteiger partial charge in [0.1, 0.15) is 12.4 Å². The van der Waals surface area contributed by atoms with Gasteiger partial charge in [-0.3, -0.25) is 0 Å². The quantitative estimate of drug-likeness (QED) is 0.434. The zero-order valence-electron chi connectivity index (χ0n) is 18.5. The van der Waals surface area contributed by atoms with Gasteiger partial charge in [0.2, 0.25) is 0 Å². The molecule has 3 rings (SSSR count). The van der Waals surface area contributed by atoms with E-state index in [4.69, 9.17) is 9.73 Å². The zero-order chi connectivity index (χ0) is 21.0. The van der Waals surface area contributed by atoms with Crippen LogP contribution in [0.25, 0.3) is 0 Å². The highest BCUT2D eigenvalue weighted by Gasteiger charge is 2.25. The lowest BCUT2D eigenvalue weighted by Gasteiger charge is -2.24. The van der Waals surface area contributed by atoms with E-state index in [1.807, 2.05) is 18.5 Å². The van der Waals surface area contributed by atoms with Crippen molar-refractivity contribution in [3.05, 3.63) is 54.1 Å². The molecule has 1 heterocycles. The Morgan fingerprint density at radius 3 is 2.73 bits per heavy atom. The van der Waals surface area contributed by atoms with Gasteiger partial charge in [-0.1, -0.05) is 43.2 Å². The van der Waals surface area contributed by atoms with Crippen molar-refractivity contribution in [2.45, 2.75) is 65.1 Å². The van der Waals surface area contributed by atoms with Gasteiger partial charge in [-0.25, -0.2) is 9.98 Å². The van der Waals surface area contributed by atoms with Gasteiger partial charge in [0.25, 0.3) is 0 Å². The molecule has 1 aliphatic rings. The van der Waals surface area contributed by atoms with E-state index < -0.39 is 0 Å². The molecule has 1 atom stereocenters. The first-order valence-corrected chi connectivity index (χ1v) is 11.5. The lowest BCUT2D eigenvalue weighted by molar-refractivity contribution is 0.0169. The summed E-state index contributed by atoms with van der Waals surface area (Å²) in [7, 11) is 0. The van der Waals surface area contributed by atoms with Gasteiger partial charge in [-0.2, -0.15) is 0 Å². The molecule has 1 fully saturated rings. The van der Waals surface area contributed by atoms with E-state index in [0.29, 0.717) is 12.6 Å². The molecule has 0 aliphatic heterocycles. The van der Waals surface area contributed by atoms with Crippen LogP contribution in [0.15, 0.2) is 47.7 Å². The third-order valence-corrected chi connectivity index (χ3v) is 5.75. The van der Waals surface area contributed by atoms with Gasteiger partial charge in [-0.15, -0.1) is 0 Å². The second kappa shape index (κ2) is 12.4. The van der Waals surface area contributed by atoms with E-state index in [2.05, 4.69) is 58.3 Å². The number of hydrogen-bond acceptors (Lipinski definition) is 3. The smallest absolute Gasteiger partial charge is 0.191 e. The van der Waals surface area contributed by atoms with E-state index in [0.717, 1.165) is 50.4 Å². The minimum Gasteiger partial charge on any atom is -0.378 e. The Bertz CT molecular complexity index is 752. The van der Waals surface area contributed by atoms with Crippen molar-refractivity contribution in [1.82, 2.24) is 20.2 Å². The molecule has 1 aromatic heterocycles. The van der Waals surface area contributed by atoms with Crippen LogP contribution in [-0.4, -0.2) is 41.3 Å². The van der Waals surface area contributed by atoms with Crippen molar-refractivity contribution in [3.63, 3.8) is 0 Å². The molecule has 2 aromatic rings. The summed E-state index contributed by atoms with van der Waals surface area (Å²) in [5.74, 6) is 2.53. The summed E-state index contributed by atoms with van der Waals surface area (Å²) in [4.78, 5) is 9.28. The summed E-state index contributed by atoms with van der Waals surface area (Å²) in [6.07, 6.45) is 10.6. The Morgan fingerprint density at radius 2 is 2.00 bits per heavy atom. The van der Waals surface area contributed by atoms with Crippen molar-refractivity contribution in [3.8, 4) is 0 Å². The first kappa shape index (κ1) is 22.3. The van der Waals surface area contributed by atoms with E-state index >= 15 is 0 Å². The number of imidazole rings is 1. The van der Waals surface area contributed by atoms with Crippen LogP contribution in [0.3, 0.4) is 0 Å². The standard InChI is InChI=1S/C24H37N5O/c1-3-25-24(27-15-14-22(30-4-2)21-12-8-9-13-21)28-18-23-26-16-17-29(23)19-20-10-6-5-7-11-20/h5-7,10-11,16-17,21-22H,3-4,8-9,12-15,18-19H2,1-2H3,(H2,25,27,28). The number of nitrogens with zero attached hydrogens (tertiary/aromatic N) is 3. The van der Waals surface area contributed by atoms with E-state index in [9.17, 15) is 0 Å². The summed E-state index contributed by atoms with van der Waals surface area (Å²) in [6, 6.07) is 10.5. The van der Waals surface area contributed by atoms with E-state index in [1.54, 1.807) is 0 Å². The second-order valence-electron chi connectivity index (χ2n) is 7.91. The monoisotopic (exact) mass is 411 g/mol. The number of ether oxygens (including phenoxy) is 1. The minimum absolute atomic E-state index is 0.359. The maximum atomic E-state index is 6.05. The van der Waals surface area contributed by atoms with E-state index in [1.165, 1.54) is 31.2 Å². The van der Waals surface area contributed by atoms with Crippen LogP contribution in [-0.2, 0) is 17.8 Å². The number of aromatic nitrogens is 2. The Balaban J connectivity index is 1.53. The first-order valence-electron chi connectivity index (χ1n) is 11.5. The number of benzene rings is 1. The third kappa shape index (κ3) is 6.87. The van der Waals surface area contributed by atoms with Crippen LogP contribution >= 0.6 is 0 Å². The maximum Gasteiger partial charge on any atom is 0.191 e. The lowest BCUT2D eigenvalue weighted by Crippen LogP contribution is -2.39. The molecule has 0 amide bonds. The first-order chi connectivity index (χ1) is 14.8.